The Bertz CT molecular complexity index is 1030. The van der Waals surface area contributed by atoms with Crippen molar-refractivity contribution < 1.29 is 29.3 Å². The third-order valence-corrected chi connectivity index (χ3v) is 11.9. The fourth-order valence-electron chi connectivity index (χ4n) is 10.3. The number of aliphatic hydroxyl groups excluding tert-OH is 2. The highest BCUT2D eigenvalue weighted by atomic mass is 16.6. The fourth-order valence-corrected chi connectivity index (χ4v) is 10.3. The molecule has 6 nitrogen and oxygen atoms in total. The van der Waals surface area contributed by atoms with Crippen molar-refractivity contribution in [1.82, 2.24) is 0 Å². The SMILES string of the molecule is CC1=C(CO)C(=O)O[C@@H]([C@@H](C)[C@H]2[C@@H](C)C[C@H]3[C@@H]4C[C@H]5O[C@]56C(O)C=CC(=O)[C@]6(C)[C@H]4CC[C@]23C)C1. The van der Waals surface area contributed by atoms with Crippen LogP contribution in [0, 0.1) is 46.3 Å². The minimum atomic E-state index is -0.727. The lowest BCUT2D eigenvalue weighted by atomic mass is 9.44. The van der Waals surface area contributed by atoms with Gasteiger partial charge in [-0.25, -0.2) is 4.79 Å². The van der Waals surface area contributed by atoms with Crippen molar-refractivity contribution in [3.05, 3.63) is 23.3 Å². The predicted octanol–water partition coefficient (Wildman–Crippen LogP) is 3.60. The lowest BCUT2D eigenvalue weighted by molar-refractivity contribution is -0.156. The number of ketones is 1. The number of hydrogen-bond donors (Lipinski definition) is 2. The van der Waals surface area contributed by atoms with Crippen LogP contribution in [0.3, 0.4) is 0 Å². The number of epoxide rings is 1. The first-order valence-electron chi connectivity index (χ1n) is 13.6. The predicted molar refractivity (Wildman–Crippen MR) is 129 cm³/mol. The minimum absolute atomic E-state index is 0.0456. The number of rotatable bonds is 3. The summed E-state index contributed by atoms with van der Waals surface area (Å²) in [6.45, 7) is 10.8. The molecule has 0 amide bonds. The van der Waals surface area contributed by atoms with E-state index in [0.29, 0.717) is 35.7 Å². The highest BCUT2D eigenvalue weighted by Crippen LogP contribution is 2.73. The third kappa shape index (κ3) is 2.82. The molecule has 1 unspecified atom stereocenters. The van der Waals surface area contributed by atoms with Gasteiger partial charge in [0, 0.05) is 6.42 Å². The van der Waals surface area contributed by atoms with Gasteiger partial charge in [-0.2, -0.15) is 0 Å². The Morgan fingerprint density at radius 3 is 2.63 bits per heavy atom. The van der Waals surface area contributed by atoms with E-state index >= 15 is 0 Å². The molecule has 2 aliphatic heterocycles. The summed E-state index contributed by atoms with van der Waals surface area (Å²) in [5.74, 6) is 1.99. The average molecular weight is 485 g/mol. The maximum absolute atomic E-state index is 13.4. The number of carbonyl (C=O) groups is 2. The third-order valence-electron chi connectivity index (χ3n) is 11.9. The summed E-state index contributed by atoms with van der Waals surface area (Å²) >= 11 is 0. The zero-order valence-electron chi connectivity index (χ0n) is 21.6. The summed E-state index contributed by atoms with van der Waals surface area (Å²) in [6, 6.07) is 0. The number of hydrogen-bond acceptors (Lipinski definition) is 6. The molecule has 6 rings (SSSR count). The summed E-state index contributed by atoms with van der Waals surface area (Å²) in [5.41, 5.74) is 0.0779. The molecule has 2 N–H and O–H groups in total. The molecule has 0 bridgehead atoms. The molecule has 6 heteroatoms. The summed E-state index contributed by atoms with van der Waals surface area (Å²) in [4.78, 5) is 25.9. The van der Waals surface area contributed by atoms with Crippen LogP contribution in [0.4, 0.5) is 0 Å². The number of allylic oxidation sites excluding steroid dienone is 1. The molecule has 2 heterocycles. The van der Waals surface area contributed by atoms with E-state index in [-0.39, 0.29) is 47.8 Å². The van der Waals surface area contributed by atoms with Crippen molar-refractivity contribution in [2.45, 2.75) is 90.6 Å². The molecule has 35 heavy (non-hydrogen) atoms. The molecular formula is C29H40O6. The molecule has 6 aliphatic rings. The van der Waals surface area contributed by atoms with Crippen LogP contribution < -0.4 is 0 Å². The maximum atomic E-state index is 13.4. The zero-order valence-corrected chi connectivity index (χ0v) is 21.6. The van der Waals surface area contributed by atoms with Crippen LogP contribution in [0.2, 0.25) is 0 Å². The number of ether oxygens (including phenoxy) is 2. The Morgan fingerprint density at radius 2 is 1.94 bits per heavy atom. The molecule has 4 fully saturated rings. The molecule has 1 saturated heterocycles. The van der Waals surface area contributed by atoms with Crippen LogP contribution in [0.25, 0.3) is 0 Å². The molecule has 4 aliphatic carbocycles. The van der Waals surface area contributed by atoms with Gasteiger partial charge in [0.15, 0.2) is 5.78 Å². The Balaban J connectivity index is 1.30. The highest BCUT2D eigenvalue weighted by Gasteiger charge is 2.80. The lowest BCUT2D eigenvalue weighted by Gasteiger charge is -2.58. The van der Waals surface area contributed by atoms with Gasteiger partial charge in [0.25, 0.3) is 0 Å². The smallest absolute Gasteiger partial charge is 0.336 e. The second-order valence-corrected chi connectivity index (χ2v) is 13.1. The summed E-state index contributed by atoms with van der Waals surface area (Å²) in [6.07, 6.45) is 7.05. The number of carbonyl (C=O) groups excluding carboxylic acids is 2. The van der Waals surface area contributed by atoms with Gasteiger partial charge in [-0.1, -0.05) is 26.3 Å². The van der Waals surface area contributed by atoms with Gasteiger partial charge >= 0.3 is 5.97 Å². The average Bonchev–Trinajstić information content (AvgIpc) is 3.47. The monoisotopic (exact) mass is 484 g/mol. The van der Waals surface area contributed by atoms with E-state index in [0.717, 1.165) is 31.3 Å². The van der Waals surface area contributed by atoms with E-state index in [2.05, 4.69) is 27.7 Å². The first kappa shape index (κ1) is 23.9. The highest BCUT2D eigenvalue weighted by molar-refractivity contribution is 5.98. The van der Waals surface area contributed by atoms with Crippen LogP contribution in [0.15, 0.2) is 23.3 Å². The van der Waals surface area contributed by atoms with Crippen LogP contribution in [-0.2, 0) is 19.1 Å². The van der Waals surface area contributed by atoms with E-state index in [1.54, 1.807) is 12.2 Å². The number of aliphatic hydroxyl groups is 2. The van der Waals surface area contributed by atoms with Gasteiger partial charge in [0.1, 0.15) is 17.8 Å². The fraction of sp³-hybridized carbons (Fsp3) is 0.793. The number of cyclic esters (lactones) is 1. The quantitative estimate of drug-likeness (QED) is 0.469. The topological polar surface area (TPSA) is 96.4 Å². The standard InChI is InChI=1S/C29H40O6/c1-14-11-21(34-26(33)18(14)13-30)16(3)25-15(2)10-20-17-12-24-29(35-24)23(32)7-6-22(31)28(29,5)19(17)8-9-27(20,25)4/h6-7,15-17,19-21,23-25,30,32H,8-13H2,1-5H3/t15-,16+,17+,19-,20-,21+,23?,24+,25+,27-,28-,29+/m0/s1. The number of fused-ring (bicyclic) bond motifs is 4. The van der Waals surface area contributed by atoms with Gasteiger partial charge < -0.3 is 19.7 Å². The minimum Gasteiger partial charge on any atom is -0.458 e. The first-order valence-corrected chi connectivity index (χ1v) is 13.6. The molecular weight excluding hydrogens is 444 g/mol. The van der Waals surface area contributed by atoms with E-state index < -0.39 is 17.1 Å². The second kappa shape index (κ2) is 7.52. The Morgan fingerprint density at radius 1 is 1.20 bits per heavy atom. The Hall–Kier alpha value is -1.50. The zero-order chi connectivity index (χ0) is 25.1. The maximum Gasteiger partial charge on any atom is 0.336 e. The van der Waals surface area contributed by atoms with Crippen molar-refractivity contribution in [1.29, 1.82) is 0 Å². The van der Waals surface area contributed by atoms with Crippen LogP contribution >= 0.6 is 0 Å². The van der Waals surface area contributed by atoms with Gasteiger partial charge in [-0.15, -0.1) is 0 Å². The second-order valence-electron chi connectivity index (χ2n) is 13.1. The van der Waals surface area contributed by atoms with Gasteiger partial charge in [0.2, 0.25) is 0 Å². The van der Waals surface area contributed by atoms with Crippen molar-refractivity contribution in [2.24, 2.45) is 46.3 Å². The normalized spacial score (nSPS) is 53.3. The largest absolute Gasteiger partial charge is 0.458 e. The van der Waals surface area contributed by atoms with Crippen LogP contribution in [0.5, 0.6) is 0 Å². The van der Waals surface area contributed by atoms with Gasteiger partial charge in [0.05, 0.1) is 23.7 Å². The lowest BCUT2D eigenvalue weighted by Crippen LogP contribution is -2.63. The first-order chi connectivity index (χ1) is 16.5. The molecule has 0 aromatic heterocycles. The molecule has 1 spiro atoms. The van der Waals surface area contributed by atoms with Gasteiger partial charge in [-0.05, 0) is 92.6 Å². The van der Waals surface area contributed by atoms with E-state index in [1.807, 2.05) is 6.92 Å². The summed E-state index contributed by atoms with van der Waals surface area (Å²) in [7, 11) is 0. The molecule has 0 aromatic rings. The van der Waals surface area contributed by atoms with Crippen molar-refractivity contribution in [2.75, 3.05) is 6.61 Å². The van der Waals surface area contributed by atoms with Crippen molar-refractivity contribution in [3.63, 3.8) is 0 Å². The van der Waals surface area contributed by atoms with Crippen LogP contribution in [-0.4, -0.2) is 52.5 Å². The Labute approximate surface area is 208 Å². The summed E-state index contributed by atoms with van der Waals surface area (Å²) < 4.78 is 12.2. The van der Waals surface area contributed by atoms with Crippen molar-refractivity contribution >= 4 is 11.8 Å². The number of esters is 1. The van der Waals surface area contributed by atoms with E-state index in [4.69, 9.17) is 9.47 Å². The Kier molecular flexibility index (Phi) is 5.13. The van der Waals surface area contributed by atoms with Gasteiger partial charge in [-0.3, -0.25) is 4.79 Å². The molecule has 0 aromatic carbocycles. The summed E-state index contributed by atoms with van der Waals surface area (Å²) in [5, 5.41) is 20.4. The van der Waals surface area contributed by atoms with Crippen LogP contribution in [0.1, 0.15) is 66.7 Å². The van der Waals surface area contributed by atoms with E-state index in [1.165, 1.54) is 0 Å². The molecule has 192 valence electrons. The molecule has 12 atom stereocenters. The van der Waals surface area contributed by atoms with E-state index in [9.17, 15) is 19.8 Å². The molecule has 3 saturated carbocycles. The molecule has 0 radical (unpaired) electrons. The van der Waals surface area contributed by atoms with Crippen molar-refractivity contribution in [3.8, 4) is 0 Å².